The topological polar surface area (TPSA) is 118 Å². The molecule has 0 aliphatic carbocycles. The first-order valence-electron chi connectivity index (χ1n) is 5.75. The van der Waals surface area contributed by atoms with Crippen LogP contribution in [0.25, 0.3) is 0 Å². The van der Waals surface area contributed by atoms with Crippen LogP contribution in [0, 0.1) is 13.8 Å². The van der Waals surface area contributed by atoms with Crippen molar-refractivity contribution in [2.45, 2.75) is 18.7 Å². The van der Waals surface area contributed by atoms with Crippen LogP contribution in [0.2, 0.25) is 0 Å². The first kappa shape index (κ1) is 14.1. The van der Waals surface area contributed by atoms with Gasteiger partial charge in [0.15, 0.2) is 5.82 Å². The monoisotopic (exact) mass is 294 g/mol. The van der Waals surface area contributed by atoms with E-state index < -0.39 is 15.9 Å². The summed E-state index contributed by atoms with van der Waals surface area (Å²) < 4.78 is 26.7. The van der Waals surface area contributed by atoms with Crippen LogP contribution >= 0.6 is 0 Å². The Kier molecular flexibility index (Phi) is 3.49. The van der Waals surface area contributed by atoms with Gasteiger partial charge in [0.2, 0.25) is 5.91 Å². The number of H-pyrrole nitrogens is 1. The second-order valence-corrected chi connectivity index (χ2v) is 6.07. The molecule has 7 nitrogen and oxygen atoms in total. The molecule has 0 fully saturated rings. The zero-order valence-corrected chi connectivity index (χ0v) is 11.8. The van der Waals surface area contributed by atoms with E-state index in [0.717, 1.165) is 5.69 Å². The highest BCUT2D eigenvalue weighted by atomic mass is 32.2. The SMILES string of the molecule is Cc1cc(NS(=O)(=O)c2ccc(C)c(C(N)=O)c2)n[nH]1. The Labute approximate surface area is 116 Å². The number of carbonyl (C=O) groups excluding carboxylic acids is 1. The molecule has 2 rings (SSSR count). The molecule has 1 heterocycles. The normalized spacial score (nSPS) is 11.3. The Morgan fingerprint density at radius 1 is 1.30 bits per heavy atom. The standard InChI is InChI=1S/C12H14N4O3S/c1-7-3-4-9(6-10(7)12(13)17)20(18,19)16-11-5-8(2)14-15-11/h3-6H,1-2H3,(H2,13,17)(H2,14,15,16). The summed E-state index contributed by atoms with van der Waals surface area (Å²) in [5.41, 5.74) is 6.73. The summed E-state index contributed by atoms with van der Waals surface area (Å²) in [6.07, 6.45) is 0. The Hall–Kier alpha value is -2.35. The number of hydrogen-bond acceptors (Lipinski definition) is 4. The van der Waals surface area contributed by atoms with Crippen LogP contribution in [0.3, 0.4) is 0 Å². The van der Waals surface area contributed by atoms with E-state index in [9.17, 15) is 13.2 Å². The van der Waals surface area contributed by atoms with E-state index in [1.54, 1.807) is 19.9 Å². The molecular weight excluding hydrogens is 280 g/mol. The van der Waals surface area contributed by atoms with E-state index in [0.29, 0.717) is 5.56 Å². The van der Waals surface area contributed by atoms with Crippen LogP contribution < -0.4 is 10.5 Å². The molecule has 0 aliphatic rings. The van der Waals surface area contributed by atoms with Crippen molar-refractivity contribution in [3.05, 3.63) is 41.1 Å². The van der Waals surface area contributed by atoms with Gasteiger partial charge < -0.3 is 5.73 Å². The second-order valence-electron chi connectivity index (χ2n) is 4.38. The molecule has 4 N–H and O–H groups in total. The molecule has 0 saturated carbocycles. The Bertz CT molecular complexity index is 765. The number of aromatic nitrogens is 2. The van der Waals surface area contributed by atoms with Crippen molar-refractivity contribution in [1.82, 2.24) is 10.2 Å². The van der Waals surface area contributed by atoms with Crippen molar-refractivity contribution in [2.75, 3.05) is 4.72 Å². The molecule has 0 atom stereocenters. The summed E-state index contributed by atoms with van der Waals surface area (Å²) in [5, 5.41) is 6.42. The van der Waals surface area contributed by atoms with Crippen molar-refractivity contribution in [1.29, 1.82) is 0 Å². The maximum atomic E-state index is 12.2. The largest absolute Gasteiger partial charge is 0.366 e. The average molecular weight is 294 g/mol. The molecule has 0 aliphatic heterocycles. The van der Waals surface area contributed by atoms with Gasteiger partial charge in [0.25, 0.3) is 10.0 Å². The molecule has 2 aromatic rings. The quantitative estimate of drug-likeness (QED) is 0.777. The number of nitrogens with two attached hydrogens (primary N) is 1. The molecule has 1 aromatic heterocycles. The molecule has 1 amide bonds. The van der Waals surface area contributed by atoms with Crippen LogP contribution in [-0.2, 0) is 10.0 Å². The van der Waals surface area contributed by atoms with E-state index in [1.165, 1.54) is 18.2 Å². The van der Waals surface area contributed by atoms with E-state index in [2.05, 4.69) is 14.9 Å². The van der Waals surface area contributed by atoms with E-state index in [4.69, 9.17) is 5.73 Å². The minimum Gasteiger partial charge on any atom is -0.366 e. The van der Waals surface area contributed by atoms with E-state index in [1.807, 2.05) is 0 Å². The molecule has 0 saturated heterocycles. The maximum Gasteiger partial charge on any atom is 0.263 e. The number of aryl methyl sites for hydroxylation is 2. The van der Waals surface area contributed by atoms with E-state index >= 15 is 0 Å². The van der Waals surface area contributed by atoms with Gasteiger partial charge in [0, 0.05) is 17.3 Å². The minimum atomic E-state index is -3.81. The highest BCUT2D eigenvalue weighted by molar-refractivity contribution is 7.92. The van der Waals surface area contributed by atoms with Crippen molar-refractivity contribution in [3.63, 3.8) is 0 Å². The van der Waals surface area contributed by atoms with Crippen molar-refractivity contribution in [3.8, 4) is 0 Å². The fraction of sp³-hybridized carbons (Fsp3) is 0.167. The molecule has 0 radical (unpaired) electrons. The summed E-state index contributed by atoms with van der Waals surface area (Å²) >= 11 is 0. The predicted octanol–water partition coefficient (Wildman–Crippen LogP) is 0.926. The van der Waals surface area contributed by atoms with Gasteiger partial charge in [0.05, 0.1) is 4.90 Å². The second kappa shape index (κ2) is 4.97. The Morgan fingerprint density at radius 3 is 2.55 bits per heavy atom. The fourth-order valence-electron chi connectivity index (χ4n) is 1.70. The van der Waals surface area contributed by atoms with Gasteiger partial charge in [-0.05, 0) is 31.5 Å². The summed E-state index contributed by atoms with van der Waals surface area (Å²) in [6, 6.07) is 5.74. The maximum absolute atomic E-state index is 12.2. The fourth-order valence-corrected chi connectivity index (χ4v) is 2.72. The van der Waals surface area contributed by atoms with Crippen LogP contribution in [0.1, 0.15) is 21.6 Å². The zero-order chi connectivity index (χ0) is 14.9. The zero-order valence-electron chi connectivity index (χ0n) is 11.0. The lowest BCUT2D eigenvalue weighted by molar-refractivity contribution is 0.0999. The highest BCUT2D eigenvalue weighted by Crippen LogP contribution is 2.18. The Morgan fingerprint density at radius 2 is 2.00 bits per heavy atom. The van der Waals surface area contributed by atoms with Gasteiger partial charge in [0.1, 0.15) is 0 Å². The molecule has 8 heteroatoms. The number of primary amides is 1. The average Bonchev–Trinajstić information content (AvgIpc) is 2.73. The highest BCUT2D eigenvalue weighted by Gasteiger charge is 2.18. The van der Waals surface area contributed by atoms with E-state index in [-0.39, 0.29) is 16.3 Å². The van der Waals surface area contributed by atoms with Crippen molar-refractivity contribution in [2.24, 2.45) is 5.73 Å². The molecule has 1 aromatic carbocycles. The molecule has 0 unspecified atom stereocenters. The third kappa shape index (κ3) is 2.80. The molecular formula is C12H14N4O3S. The third-order valence-corrected chi connectivity index (χ3v) is 4.08. The van der Waals surface area contributed by atoms with Gasteiger partial charge >= 0.3 is 0 Å². The molecule has 106 valence electrons. The smallest absolute Gasteiger partial charge is 0.263 e. The van der Waals surface area contributed by atoms with Crippen LogP contribution in [0.15, 0.2) is 29.2 Å². The summed E-state index contributed by atoms with van der Waals surface area (Å²) in [4.78, 5) is 11.2. The lowest BCUT2D eigenvalue weighted by Gasteiger charge is -2.08. The van der Waals surface area contributed by atoms with Gasteiger partial charge in [-0.1, -0.05) is 6.07 Å². The Balaban J connectivity index is 2.39. The number of nitrogens with zero attached hydrogens (tertiary/aromatic N) is 1. The number of rotatable bonds is 4. The van der Waals surface area contributed by atoms with Crippen LogP contribution in [0.5, 0.6) is 0 Å². The minimum absolute atomic E-state index is 0.0439. The number of benzene rings is 1. The molecule has 0 spiro atoms. The molecule has 20 heavy (non-hydrogen) atoms. The number of hydrogen-bond donors (Lipinski definition) is 3. The van der Waals surface area contributed by atoms with Crippen molar-refractivity contribution < 1.29 is 13.2 Å². The number of carbonyl (C=O) groups is 1. The van der Waals surface area contributed by atoms with Gasteiger partial charge in [-0.2, -0.15) is 5.10 Å². The lowest BCUT2D eigenvalue weighted by Crippen LogP contribution is -2.17. The lowest BCUT2D eigenvalue weighted by atomic mass is 10.1. The molecule has 0 bridgehead atoms. The third-order valence-electron chi connectivity index (χ3n) is 2.73. The van der Waals surface area contributed by atoms with Gasteiger partial charge in [-0.3, -0.25) is 14.6 Å². The van der Waals surface area contributed by atoms with Gasteiger partial charge in [-0.15, -0.1) is 0 Å². The number of sulfonamides is 1. The van der Waals surface area contributed by atoms with Gasteiger partial charge in [-0.25, -0.2) is 8.42 Å². The number of anilines is 1. The number of amides is 1. The first-order valence-corrected chi connectivity index (χ1v) is 7.23. The number of aromatic amines is 1. The summed E-state index contributed by atoms with van der Waals surface area (Å²) in [6.45, 7) is 3.43. The predicted molar refractivity (Wildman–Crippen MR) is 73.8 cm³/mol. The number of nitrogens with one attached hydrogen (secondary N) is 2. The summed E-state index contributed by atoms with van der Waals surface area (Å²) in [5.74, 6) is -0.487. The first-order chi connectivity index (χ1) is 9.29. The summed E-state index contributed by atoms with van der Waals surface area (Å²) in [7, 11) is -3.81. The van der Waals surface area contributed by atoms with Crippen LogP contribution in [-0.4, -0.2) is 24.5 Å². The van der Waals surface area contributed by atoms with Crippen LogP contribution in [0.4, 0.5) is 5.82 Å². The van der Waals surface area contributed by atoms with Crippen molar-refractivity contribution >= 4 is 21.7 Å².